The summed E-state index contributed by atoms with van der Waals surface area (Å²) in [4.78, 5) is 16.6. The maximum absolute atomic E-state index is 12.9. The van der Waals surface area contributed by atoms with E-state index in [-0.39, 0.29) is 12.6 Å². The first-order valence-electron chi connectivity index (χ1n) is 10.9. The Kier molecular flexibility index (Phi) is 8.18. The maximum atomic E-state index is 12.9. The molecule has 1 unspecified atom stereocenters. The smallest absolute Gasteiger partial charge is 0.324 e. The Morgan fingerprint density at radius 3 is 2.42 bits per heavy atom. The van der Waals surface area contributed by atoms with E-state index < -0.39 is 6.10 Å². The summed E-state index contributed by atoms with van der Waals surface area (Å²) < 4.78 is 6.54. The molecule has 0 radical (unpaired) electrons. The molecule has 2 aromatic carbocycles. The SMILES string of the molecule is CCC[N+]1(CC(O)COc2ccc(Cl)cc2)CCN(C(=O)N(C)c2ccccc2)CC1. The van der Waals surface area contributed by atoms with Crippen LogP contribution < -0.4 is 9.64 Å². The normalized spacial score (nSPS) is 16.6. The lowest BCUT2D eigenvalue weighted by Crippen LogP contribution is -2.64. The van der Waals surface area contributed by atoms with Gasteiger partial charge in [-0.1, -0.05) is 36.7 Å². The number of para-hydroxylation sites is 1. The number of carbonyl (C=O) groups excluding carboxylic acids is 1. The largest absolute Gasteiger partial charge is 0.491 e. The predicted octanol–water partition coefficient (Wildman–Crippen LogP) is 3.88. The lowest BCUT2D eigenvalue weighted by Gasteiger charge is -2.46. The third-order valence-corrected chi connectivity index (χ3v) is 6.19. The summed E-state index contributed by atoms with van der Waals surface area (Å²) in [5.41, 5.74) is 0.891. The summed E-state index contributed by atoms with van der Waals surface area (Å²) in [5.74, 6) is 0.699. The molecule has 168 valence electrons. The van der Waals surface area contributed by atoms with Crippen LogP contribution in [0.2, 0.25) is 5.02 Å². The third-order valence-electron chi connectivity index (χ3n) is 5.94. The van der Waals surface area contributed by atoms with Gasteiger partial charge in [-0.05, 0) is 42.8 Å². The molecule has 0 aromatic heterocycles. The zero-order valence-electron chi connectivity index (χ0n) is 18.4. The van der Waals surface area contributed by atoms with Crippen LogP contribution in [0.3, 0.4) is 0 Å². The van der Waals surface area contributed by atoms with Crippen LogP contribution in [0.25, 0.3) is 0 Å². The van der Waals surface area contributed by atoms with Gasteiger partial charge in [0.1, 0.15) is 25.0 Å². The topological polar surface area (TPSA) is 53.0 Å². The highest BCUT2D eigenvalue weighted by Gasteiger charge is 2.36. The van der Waals surface area contributed by atoms with Crippen molar-refractivity contribution in [3.63, 3.8) is 0 Å². The van der Waals surface area contributed by atoms with E-state index >= 15 is 0 Å². The molecule has 1 heterocycles. The molecule has 6 nitrogen and oxygen atoms in total. The summed E-state index contributed by atoms with van der Waals surface area (Å²) in [6.45, 7) is 7.04. The van der Waals surface area contributed by atoms with Crippen molar-refractivity contribution in [2.75, 3.05) is 57.8 Å². The van der Waals surface area contributed by atoms with E-state index in [1.165, 1.54) is 0 Å². The number of halogens is 1. The summed E-state index contributed by atoms with van der Waals surface area (Å²) in [5, 5.41) is 11.3. The second-order valence-electron chi connectivity index (χ2n) is 8.28. The first-order chi connectivity index (χ1) is 14.9. The monoisotopic (exact) mass is 446 g/mol. The average Bonchev–Trinajstić information content (AvgIpc) is 2.79. The van der Waals surface area contributed by atoms with E-state index in [1.54, 1.807) is 29.2 Å². The lowest BCUT2D eigenvalue weighted by atomic mass is 10.1. The van der Waals surface area contributed by atoms with Crippen LogP contribution in [-0.2, 0) is 0 Å². The number of aliphatic hydroxyl groups excluding tert-OH is 1. The standard InChI is InChI=1S/C24H33ClN3O3/c1-3-15-28(18-22(29)19-31-23-11-9-20(25)10-12-23)16-13-27(14-17-28)24(30)26(2)21-7-5-4-6-8-21/h4-12,22,29H,3,13-19H2,1-2H3/q+1. The number of rotatable bonds is 8. The van der Waals surface area contributed by atoms with E-state index in [1.807, 2.05) is 42.3 Å². The molecule has 1 aliphatic heterocycles. The van der Waals surface area contributed by atoms with Gasteiger partial charge in [-0.15, -0.1) is 0 Å². The fourth-order valence-electron chi connectivity index (χ4n) is 4.25. The van der Waals surface area contributed by atoms with Gasteiger partial charge >= 0.3 is 6.03 Å². The van der Waals surface area contributed by atoms with Crippen LogP contribution in [0.4, 0.5) is 10.5 Å². The zero-order chi connectivity index (χ0) is 22.3. The van der Waals surface area contributed by atoms with Gasteiger partial charge < -0.3 is 19.2 Å². The number of quaternary nitrogens is 1. The minimum Gasteiger partial charge on any atom is -0.491 e. The molecule has 2 aromatic rings. The number of carbonyl (C=O) groups is 1. The lowest BCUT2D eigenvalue weighted by molar-refractivity contribution is -0.934. The van der Waals surface area contributed by atoms with Crippen LogP contribution in [-0.4, -0.2) is 79.5 Å². The number of hydrogen-bond donors (Lipinski definition) is 1. The zero-order valence-corrected chi connectivity index (χ0v) is 19.2. The van der Waals surface area contributed by atoms with Crippen molar-refractivity contribution < 1.29 is 19.1 Å². The Morgan fingerprint density at radius 2 is 1.81 bits per heavy atom. The van der Waals surface area contributed by atoms with E-state index in [2.05, 4.69) is 6.92 Å². The molecule has 31 heavy (non-hydrogen) atoms. The number of aliphatic hydroxyl groups is 1. The Morgan fingerprint density at radius 1 is 1.16 bits per heavy atom. The molecule has 1 fully saturated rings. The molecule has 1 N–H and O–H groups in total. The molecule has 0 saturated carbocycles. The van der Waals surface area contributed by atoms with Crippen molar-refractivity contribution in [2.45, 2.75) is 19.4 Å². The molecule has 0 spiro atoms. The molecular formula is C24H33ClN3O3+. The number of urea groups is 1. The average molecular weight is 447 g/mol. The van der Waals surface area contributed by atoms with E-state index in [4.69, 9.17) is 16.3 Å². The Hall–Kier alpha value is -2.28. The molecule has 1 atom stereocenters. The van der Waals surface area contributed by atoms with Gasteiger partial charge in [0.25, 0.3) is 0 Å². The van der Waals surface area contributed by atoms with Crippen LogP contribution >= 0.6 is 11.6 Å². The molecule has 3 rings (SSSR count). The Bertz CT molecular complexity index is 824. The second-order valence-corrected chi connectivity index (χ2v) is 8.71. The molecule has 0 bridgehead atoms. The summed E-state index contributed by atoms with van der Waals surface area (Å²) >= 11 is 5.91. The third kappa shape index (κ3) is 6.35. The van der Waals surface area contributed by atoms with Crippen molar-refractivity contribution in [2.24, 2.45) is 0 Å². The fraction of sp³-hybridized carbons (Fsp3) is 0.458. The molecular weight excluding hydrogens is 414 g/mol. The fourth-order valence-corrected chi connectivity index (χ4v) is 4.38. The minimum atomic E-state index is -0.573. The highest BCUT2D eigenvalue weighted by molar-refractivity contribution is 6.30. The molecule has 1 saturated heterocycles. The first-order valence-corrected chi connectivity index (χ1v) is 11.3. The van der Waals surface area contributed by atoms with Crippen LogP contribution in [0.1, 0.15) is 13.3 Å². The van der Waals surface area contributed by atoms with Crippen LogP contribution in [0.5, 0.6) is 5.75 Å². The number of amides is 2. The van der Waals surface area contributed by atoms with Crippen molar-refractivity contribution in [3.8, 4) is 5.75 Å². The van der Waals surface area contributed by atoms with Crippen molar-refractivity contribution in [3.05, 3.63) is 59.6 Å². The van der Waals surface area contributed by atoms with Gasteiger partial charge in [0, 0.05) is 17.8 Å². The highest BCUT2D eigenvalue weighted by atomic mass is 35.5. The number of piperazine rings is 1. The minimum absolute atomic E-state index is 0.0205. The molecule has 1 aliphatic rings. The van der Waals surface area contributed by atoms with Gasteiger partial charge in [-0.3, -0.25) is 4.90 Å². The maximum Gasteiger partial charge on any atom is 0.324 e. The molecule has 0 aliphatic carbocycles. The number of benzene rings is 2. The predicted molar refractivity (Wildman–Crippen MR) is 125 cm³/mol. The number of hydrogen-bond acceptors (Lipinski definition) is 3. The van der Waals surface area contributed by atoms with Gasteiger partial charge in [-0.25, -0.2) is 4.79 Å². The van der Waals surface area contributed by atoms with E-state index in [9.17, 15) is 9.90 Å². The number of ether oxygens (including phenoxy) is 1. The summed E-state index contributed by atoms with van der Waals surface area (Å²) in [7, 11) is 1.82. The quantitative estimate of drug-likeness (QED) is 0.626. The van der Waals surface area contributed by atoms with Crippen molar-refractivity contribution in [1.82, 2.24) is 4.90 Å². The second kappa shape index (κ2) is 10.8. The molecule has 2 amide bonds. The highest BCUT2D eigenvalue weighted by Crippen LogP contribution is 2.20. The van der Waals surface area contributed by atoms with Crippen LogP contribution in [0.15, 0.2) is 54.6 Å². The Labute approximate surface area is 190 Å². The number of nitrogens with zero attached hydrogens (tertiary/aromatic N) is 3. The summed E-state index contributed by atoms with van der Waals surface area (Å²) in [6.07, 6.45) is 0.458. The number of anilines is 1. The van der Waals surface area contributed by atoms with Gasteiger partial charge in [0.15, 0.2) is 0 Å². The Balaban J connectivity index is 1.54. The van der Waals surface area contributed by atoms with Crippen molar-refractivity contribution >= 4 is 23.3 Å². The van der Waals surface area contributed by atoms with Gasteiger partial charge in [0.05, 0.1) is 32.7 Å². The van der Waals surface area contributed by atoms with Crippen LogP contribution in [0, 0.1) is 0 Å². The first kappa shape index (κ1) is 23.4. The van der Waals surface area contributed by atoms with Crippen molar-refractivity contribution in [1.29, 1.82) is 0 Å². The molecule has 7 heteroatoms. The van der Waals surface area contributed by atoms with Gasteiger partial charge in [-0.2, -0.15) is 0 Å². The summed E-state index contributed by atoms with van der Waals surface area (Å²) in [6, 6.07) is 16.9. The van der Waals surface area contributed by atoms with E-state index in [0.29, 0.717) is 30.4 Å². The van der Waals surface area contributed by atoms with E-state index in [0.717, 1.165) is 36.2 Å². The van der Waals surface area contributed by atoms with Gasteiger partial charge in [0.2, 0.25) is 0 Å².